The second-order valence-electron chi connectivity index (χ2n) is 6.18. The molecule has 1 aliphatic heterocycles. The van der Waals surface area contributed by atoms with Crippen molar-refractivity contribution in [2.45, 2.75) is 19.9 Å². The topological polar surface area (TPSA) is 91.9 Å². The summed E-state index contributed by atoms with van der Waals surface area (Å²) in [5.41, 5.74) is 2.56. The molecular formula is C19H26N4O4S. The minimum Gasteiger partial charge on any atom is -0.460 e. The number of rotatable bonds is 7. The van der Waals surface area contributed by atoms with Crippen molar-refractivity contribution in [2.75, 3.05) is 39.2 Å². The van der Waals surface area contributed by atoms with Crippen molar-refractivity contribution in [3.8, 4) is 0 Å². The largest absolute Gasteiger partial charge is 0.460 e. The number of carbonyl (C=O) groups excluding carboxylic acids is 2. The second-order valence-corrected chi connectivity index (χ2v) is 6.57. The Labute approximate surface area is 170 Å². The Morgan fingerprint density at radius 3 is 2.75 bits per heavy atom. The molecule has 0 saturated carbocycles. The molecule has 8 nitrogen and oxygen atoms in total. The molecular weight excluding hydrogens is 380 g/mol. The summed E-state index contributed by atoms with van der Waals surface area (Å²) < 4.78 is 10.3. The van der Waals surface area contributed by atoms with Crippen LogP contribution < -0.4 is 16.0 Å². The SMILES string of the molecule is CCNC(=O)Nc1cccc(C2NC(=S)N(C)C(C)=C2C(=O)OCCOC)c1. The Morgan fingerprint density at radius 1 is 1.32 bits per heavy atom. The van der Waals surface area contributed by atoms with Gasteiger partial charge in [-0.2, -0.15) is 0 Å². The summed E-state index contributed by atoms with van der Waals surface area (Å²) in [6.07, 6.45) is 0. The van der Waals surface area contributed by atoms with Crippen LogP contribution in [0.2, 0.25) is 0 Å². The Hall–Kier alpha value is -2.65. The molecule has 1 unspecified atom stereocenters. The van der Waals surface area contributed by atoms with Gasteiger partial charge in [0.1, 0.15) is 6.61 Å². The highest BCUT2D eigenvalue weighted by Crippen LogP contribution is 2.31. The van der Waals surface area contributed by atoms with Gasteiger partial charge in [0.05, 0.1) is 18.2 Å². The molecule has 1 aliphatic rings. The highest BCUT2D eigenvalue weighted by Gasteiger charge is 2.33. The van der Waals surface area contributed by atoms with Gasteiger partial charge in [-0.15, -0.1) is 0 Å². The number of allylic oxidation sites excluding steroid dienone is 1. The van der Waals surface area contributed by atoms with Crippen molar-refractivity contribution in [2.24, 2.45) is 0 Å². The number of benzene rings is 1. The van der Waals surface area contributed by atoms with E-state index in [1.54, 1.807) is 31.2 Å². The number of hydrogen-bond donors (Lipinski definition) is 3. The first kappa shape index (κ1) is 21.6. The van der Waals surface area contributed by atoms with Crippen LogP contribution in [0.3, 0.4) is 0 Å². The average Bonchev–Trinajstić information content (AvgIpc) is 2.66. The maximum absolute atomic E-state index is 12.7. The fourth-order valence-electron chi connectivity index (χ4n) is 2.78. The van der Waals surface area contributed by atoms with Crippen LogP contribution in [-0.4, -0.2) is 55.9 Å². The molecule has 1 heterocycles. The maximum atomic E-state index is 12.7. The van der Waals surface area contributed by atoms with Gasteiger partial charge in [0, 0.05) is 32.1 Å². The number of thiocarbonyl (C=S) groups is 1. The molecule has 0 aliphatic carbocycles. The fourth-order valence-corrected chi connectivity index (χ4v) is 3.03. The van der Waals surface area contributed by atoms with Gasteiger partial charge in [-0.1, -0.05) is 12.1 Å². The number of carbonyl (C=O) groups is 2. The standard InChI is InChI=1S/C19H26N4O4S/c1-5-20-18(25)21-14-8-6-7-13(11-14)16-15(17(24)27-10-9-26-4)12(2)23(3)19(28)22-16/h6-8,11,16H,5,9-10H2,1-4H3,(H,22,28)(H2,20,21,25). The van der Waals surface area contributed by atoms with E-state index in [0.29, 0.717) is 35.2 Å². The zero-order valence-corrected chi connectivity index (χ0v) is 17.3. The van der Waals surface area contributed by atoms with Crippen LogP contribution in [0.1, 0.15) is 25.5 Å². The summed E-state index contributed by atoms with van der Waals surface area (Å²) in [5, 5.41) is 9.13. The first-order valence-electron chi connectivity index (χ1n) is 8.94. The van der Waals surface area contributed by atoms with Crippen LogP contribution in [-0.2, 0) is 14.3 Å². The summed E-state index contributed by atoms with van der Waals surface area (Å²) in [6.45, 7) is 4.66. The summed E-state index contributed by atoms with van der Waals surface area (Å²) >= 11 is 5.39. The smallest absolute Gasteiger partial charge is 0.338 e. The number of nitrogens with one attached hydrogen (secondary N) is 3. The molecule has 2 amide bonds. The van der Waals surface area contributed by atoms with Gasteiger partial charge in [0.25, 0.3) is 0 Å². The predicted molar refractivity (Wildman–Crippen MR) is 111 cm³/mol. The van der Waals surface area contributed by atoms with Gasteiger partial charge in [-0.05, 0) is 43.8 Å². The molecule has 0 spiro atoms. The first-order chi connectivity index (χ1) is 13.4. The van der Waals surface area contributed by atoms with Gasteiger partial charge in [0.15, 0.2) is 5.11 Å². The Balaban J connectivity index is 2.34. The summed E-state index contributed by atoms with van der Waals surface area (Å²) in [6, 6.07) is 6.47. The monoisotopic (exact) mass is 406 g/mol. The molecule has 9 heteroatoms. The van der Waals surface area contributed by atoms with E-state index in [1.807, 2.05) is 26.0 Å². The van der Waals surface area contributed by atoms with E-state index in [2.05, 4.69) is 16.0 Å². The third kappa shape index (κ3) is 5.20. The zero-order valence-electron chi connectivity index (χ0n) is 16.5. The molecule has 2 rings (SSSR count). The Bertz CT molecular complexity index is 781. The molecule has 1 atom stereocenters. The molecule has 1 aromatic rings. The quantitative estimate of drug-likeness (QED) is 0.363. The minimum absolute atomic E-state index is 0.159. The Kier molecular flexibility index (Phi) is 7.77. The summed E-state index contributed by atoms with van der Waals surface area (Å²) in [7, 11) is 3.33. The molecule has 0 bridgehead atoms. The summed E-state index contributed by atoms with van der Waals surface area (Å²) in [4.78, 5) is 26.3. The van der Waals surface area contributed by atoms with Crippen molar-refractivity contribution < 1.29 is 19.1 Å². The lowest BCUT2D eigenvalue weighted by molar-refractivity contribution is -0.140. The normalized spacial score (nSPS) is 16.5. The van der Waals surface area contributed by atoms with Crippen LogP contribution in [0.4, 0.5) is 10.5 Å². The first-order valence-corrected chi connectivity index (χ1v) is 9.35. The lowest BCUT2D eigenvalue weighted by Gasteiger charge is -2.35. The third-order valence-corrected chi connectivity index (χ3v) is 4.70. The number of anilines is 1. The lowest BCUT2D eigenvalue weighted by Crippen LogP contribution is -2.46. The number of ether oxygens (including phenoxy) is 2. The number of nitrogens with zero attached hydrogens (tertiary/aromatic N) is 1. The summed E-state index contributed by atoms with van der Waals surface area (Å²) in [5.74, 6) is -0.441. The molecule has 3 N–H and O–H groups in total. The van der Waals surface area contributed by atoms with Gasteiger partial charge in [-0.3, -0.25) is 0 Å². The highest BCUT2D eigenvalue weighted by molar-refractivity contribution is 7.80. The van der Waals surface area contributed by atoms with Crippen molar-refractivity contribution in [3.63, 3.8) is 0 Å². The number of hydrogen-bond acceptors (Lipinski definition) is 5. The van der Waals surface area contributed by atoms with E-state index in [0.717, 1.165) is 5.56 Å². The predicted octanol–water partition coefficient (Wildman–Crippen LogP) is 2.15. The van der Waals surface area contributed by atoms with Crippen LogP contribution in [0, 0.1) is 0 Å². The molecule has 152 valence electrons. The van der Waals surface area contributed by atoms with E-state index >= 15 is 0 Å². The number of urea groups is 1. The lowest BCUT2D eigenvalue weighted by atomic mass is 9.95. The van der Waals surface area contributed by atoms with Crippen LogP contribution >= 0.6 is 12.2 Å². The number of esters is 1. The third-order valence-electron chi connectivity index (χ3n) is 4.31. The van der Waals surface area contributed by atoms with Crippen molar-refractivity contribution >= 4 is 35.0 Å². The van der Waals surface area contributed by atoms with E-state index < -0.39 is 12.0 Å². The van der Waals surface area contributed by atoms with Crippen molar-refractivity contribution in [1.29, 1.82) is 0 Å². The van der Waals surface area contributed by atoms with Gasteiger partial charge in [0.2, 0.25) is 0 Å². The highest BCUT2D eigenvalue weighted by atomic mass is 32.1. The number of amides is 2. The Morgan fingerprint density at radius 2 is 2.07 bits per heavy atom. The van der Waals surface area contributed by atoms with Crippen LogP contribution in [0.5, 0.6) is 0 Å². The van der Waals surface area contributed by atoms with E-state index in [4.69, 9.17) is 21.7 Å². The molecule has 0 aromatic heterocycles. The molecule has 0 radical (unpaired) electrons. The van der Waals surface area contributed by atoms with Crippen molar-refractivity contribution in [3.05, 3.63) is 41.1 Å². The molecule has 1 aromatic carbocycles. The van der Waals surface area contributed by atoms with Crippen LogP contribution in [0.25, 0.3) is 0 Å². The van der Waals surface area contributed by atoms with Gasteiger partial charge < -0.3 is 30.3 Å². The zero-order chi connectivity index (χ0) is 20.7. The van der Waals surface area contributed by atoms with Gasteiger partial charge in [-0.25, -0.2) is 9.59 Å². The maximum Gasteiger partial charge on any atom is 0.338 e. The minimum atomic E-state index is -0.491. The average molecular weight is 407 g/mol. The van der Waals surface area contributed by atoms with E-state index in [9.17, 15) is 9.59 Å². The fraction of sp³-hybridized carbons (Fsp3) is 0.421. The number of methoxy groups -OCH3 is 1. The van der Waals surface area contributed by atoms with Crippen LogP contribution in [0.15, 0.2) is 35.5 Å². The molecule has 0 fully saturated rings. The van der Waals surface area contributed by atoms with Gasteiger partial charge >= 0.3 is 12.0 Å². The molecule has 0 saturated heterocycles. The van der Waals surface area contributed by atoms with Crippen molar-refractivity contribution in [1.82, 2.24) is 15.5 Å². The van der Waals surface area contributed by atoms with E-state index in [-0.39, 0.29) is 12.6 Å². The molecule has 28 heavy (non-hydrogen) atoms. The van der Waals surface area contributed by atoms with E-state index in [1.165, 1.54) is 0 Å². The second kappa shape index (κ2) is 10.0.